The number of H-pyrrole nitrogens is 1. The number of nitrogens with one attached hydrogen (secondary N) is 1. The van der Waals surface area contributed by atoms with Gasteiger partial charge in [0.2, 0.25) is 0 Å². The van der Waals surface area contributed by atoms with E-state index in [1.165, 1.54) is 16.8 Å². The maximum Gasteiger partial charge on any atom is 0.416 e. The van der Waals surface area contributed by atoms with Crippen LogP contribution in [0.1, 0.15) is 43.6 Å². The molecule has 6 nitrogen and oxygen atoms in total. The molecule has 1 aromatic carbocycles. The van der Waals surface area contributed by atoms with Crippen LogP contribution in [-0.4, -0.2) is 24.9 Å². The second-order valence-corrected chi connectivity index (χ2v) is 7.51. The van der Waals surface area contributed by atoms with Gasteiger partial charge in [0.25, 0.3) is 11.6 Å². The summed E-state index contributed by atoms with van der Waals surface area (Å²) < 4.78 is 40.1. The van der Waals surface area contributed by atoms with E-state index in [0.717, 1.165) is 12.1 Å². The lowest BCUT2D eigenvalue weighted by Gasteiger charge is -2.31. The van der Waals surface area contributed by atoms with Crippen molar-refractivity contribution in [3.63, 3.8) is 0 Å². The molecule has 0 saturated heterocycles. The van der Waals surface area contributed by atoms with Crippen LogP contribution in [-0.2, 0) is 6.18 Å². The summed E-state index contributed by atoms with van der Waals surface area (Å²) in [5, 5.41) is 14.3. The predicted molar refractivity (Wildman–Crippen MR) is 93.6 cm³/mol. The summed E-state index contributed by atoms with van der Waals surface area (Å²) in [5.41, 5.74) is -0.561. The van der Waals surface area contributed by atoms with Gasteiger partial charge in [-0.1, -0.05) is 32.9 Å². The Morgan fingerprint density at radius 2 is 1.74 bits per heavy atom. The van der Waals surface area contributed by atoms with Gasteiger partial charge >= 0.3 is 6.18 Å². The van der Waals surface area contributed by atoms with Gasteiger partial charge in [-0.3, -0.25) is 9.78 Å². The zero-order valence-electron chi connectivity index (χ0n) is 15.2. The van der Waals surface area contributed by atoms with Crippen molar-refractivity contribution in [3.8, 4) is 6.01 Å². The Labute approximate surface area is 152 Å². The second kappa shape index (κ2) is 6.11. The number of aromatic nitrogens is 4. The highest BCUT2D eigenvalue weighted by Gasteiger charge is 2.34. The molecule has 2 N–H and O–H groups in total. The molecule has 0 amide bonds. The minimum atomic E-state index is -4.43. The third kappa shape index (κ3) is 3.41. The lowest BCUT2D eigenvalue weighted by Crippen LogP contribution is -2.27. The number of hydrogen-bond acceptors (Lipinski definition) is 4. The van der Waals surface area contributed by atoms with E-state index in [2.05, 4.69) is 15.1 Å². The Hall–Kier alpha value is -2.84. The smallest absolute Gasteiger partial charge is 0.416 e. The summed E-state index contributed by atoms with van der Waals surface area (Å²) in [7, 11) is 0. The van der Waals surface area contributed by atoms with Crippen LogP contribution in [0.15, 0.2) is 29.1 Å². The number of halogens is 3. The molecule has 1 atom stereocenters. The van der Waals surface area contributed by atoms with E-state index in [1.54, 1.807) is 6.92 Å². The summed E-state index contributed by atoms with van der Waals surface area (Å²) in [4.78, 5) is 18.4. The topological polar surface area (TPSA) is 83.8 Å². The molecule has 3 rings (SSSR count). The van der Waals surface area contributed by atoms with Crippen molar-refractivity contribution < 1.29 is 18.3 Å². The van der Waals surface area contributed by atoms with Crippen molar-refractivity contribution in [2.45, 2.75) is 39.9 Å². The summed E-state index contributed by atoms with van der Waals surface area (Å²) in [5.74, 6) is 0. The van der Waals surface area contributed by atoms with Gasteiger partial charge in [-0.05, 0) is 30.0 Å². The number of aryl methyl sites for hydroxylation is 1. The molecule has 0 aliphatic carbocycles. The normalized spacial score (nSPS) is 13.9. The van der Waals surface area contributed by atoms with E-state index in [0.29, 0.717) is 11.3 Å². The molecule has 9 heteroatoms. The van der Waals surface area contributed by atoms with Crippen LogP contribution in [0.4, 0.5) is 13.2 Å². The highest BCUT2D eigenvalue weighted by atomic mass is 19.4. The number of benzene rings is 1. The molecule has 1 unspecified atom stereocenters. The fourth-order valence-corrected chi connectivity index (χ4v) is 3.24. The number of aromatic amines is 1. The molecule has 0 bridgehead atoms. The number of nitrogens with zero attached hydrogens (tertiary/aromatic N) is 3. The molecule has 3 aromatic rings. The lowest BCUT2D eigenvalue weighted by molar-refractivity contribution is -0.137. The fraction of sp³-hybridized carbons (Fsp3) is 0.389. The third-order valence-corrected chi connectivity index (χ3v) is 4.34. The second-order valence-electron chi connectivity index (χ2n) is 7.51. The van der Waals surface area contributed by atoms with E-state index < -0.39 is 34.8 Å². The summed E-state index contributed by atoms with van der Waals surface area (Å²) in [6, 6.07) is 3.77. The van der Waals surface area contributed by atoms with Gasteiger partial charge in [0.05, 0.1) is 17.3 Å². The first-order chi connectivity index (χ1) is 12.4. The molecule has 27 heavy (non-hydrogen) atoms. The Morgan fingerprint density at radius 1 is 1.15 bits per heavy atom. The van der Waals surface area contributed by atoms with Gasteiger partial charge in [-0.15, -0.1) is 0 Å². The molecular weight excluding hydrogens is 361 g/mol. The Kier molecular flexibility index (Phi) is 4.28. The van der Waals surface area contributed by atoms with Crippen molar-refractivity contribution in [1.82, 2.24) is 19.7 Å². The predicted octanol–water partition coefficient (Wildman–Crippen LogP) is 3.79. The minimum Gasteiger partial charge on any atom is -0.480 e. The first-order valence-electron chi connectivity index (χ1n) is 8.25. The molecule has 0 radical (unpaired) electrons. The van der Waals surface area contributed by atoms with Crippen LogP contribution in [0, 0.1) is 12.3 Å². The van der Waals surface area contributed by atoms with Gasteiger partial charge in [0.1, 0.15) is 5.39 Å². The summed E-state index contributed by atoms with van der Waals surface area (Å²) >= 11 is 0. The van der Waals surface area contributed by atoms with Crippen LogP contribution >= 0.6 is 0 Å². The van der Waals surface area contributed by atoms with Crippen LogP contribution in [0.2, 0.25) is 0 Å². The van der Waals surface area contributed by atoms with Crippen molar-refractivity contribution in [1.29, 1.82) is 0 Å². The van der Waals surface area contributed by atoms with E-state index in [9.17, 15) is 23.1 Å². The lowest BCUT2D eigenvalue weighted by atomic mass is 9.82. The summed E-state index contributed by atoms with van der Waals surface area (Å²) in [6.45, 7) is 7.36. The first-order valence-corrected chi connectivity index (χ1v) is 8.25. The summed E-state index contributed by atoms with van der Waals surface area (Å²) in [6.07, 6.45) is -4.43. The maximum atomic E-state index is 12.9. The maximum absolute atomic E-state index is 12.9. The first kappa shape index (κ1) is 18.9. The number of alkyl halides is 3. The van der Waals surface area contributed by atoms with Crippen molar-refractivity contribution in [2.24, 2.45) is 5.41 Å². The third-order valence-electron chi connectivity index (χ3n) is 4.34. The average molecular weight is 380 g/mol. The molecule has 2 heterocycles. The van der Waals surface area contributed by atoms with Gasteiger partial charge in [0.15, 0.2) is 5.65 Å². The Bertz CT molecular complexity index is 1040. The van der Waals surface area contributed by atoms with E-state index >= 15 is 0 Å². The number of hydrogen-bond donors (Lipinski definition) is 2. The average Bonchev–Trinajstić information content (AvgIpc) is 2.82. The molecule has 0 spiro atoms. The zero-order valence-corrected chi connectivity index (χ0v) is 15.2. The van der Waals surface area contributed by atoms with Gasteiger partial charge in [0, 0.05) is 0 Å². The highest BCUT2D eigenvalue weighted by molar-refractivity contribution is 5.77. The van der Waals surface area contributed by atoms with Crippen molar-refractivity contribution in [2.75, 3.05) is 0 Å². The van der Waals surface area contributed by atoms with E-state index in [1.807, 2.05) is 20.8 Å². The standard InChI is InChI=1S/C18H19F3N4O2/c1-9-12-14(22-16(27)23-15(12)26)25(24-9)13(17(2,3)4)10-5-7-11(8-6-10)18(19,20)21/h5-8,13H,1-4H3,(H2,22,23,26,27). The zero-order chi connectivity index (χ0) is 20.1. The SMILES string of the molecule is Cc1nn(C(c2ccc(C(F)(F)F)cc2)C(C)(C)C)c2nc(O)[nH]c(=O)c12. The largest absolute Gasteiger partial charge is 0.480 e. The van der Waals surface area contributed by atoms with Gasteiger partial charge in [-0.2, -0.15) is 23.3 Å². The molecule has 2 aromatic heterocycles. The van der Waals surface area contributed by atoms with Crippen LogP contribution < -0.4 is 5.56 Å². The van der Waals surface area contributed by atoms with Crippen LogP contribution in [0.25, 0.3) is 11.0 Å². The molecule has 144 valence electrons. The van der Waals surface area contributed by atoms with Crippen LogP contribution in [0.5, 0.6) is 6.01 Å². The molecule has 0 aliphatic rings. The van der Waals surface area contributed by atoms with Crippen molar-refractivity contribution >= 4 is 11.0 Å². The number of aromatic hydroxyl groups is 1. The fourth-order valence-electron chi connectivity index (χ4n) is 3.24. The molecule has 0 saturated carbocycles. The quantitative estimate of drug-likeness (QED) is 0.709. The monoisotopic (exact) mass is 380 g/mol. The molecule has 0 aliphatic heterocycles. The highest BCUT2D eigenvalue weighted by Crippen LogP contribution is 2.39. The number of rotatable bonds is 2. The van der Waals surface area contributed by atoms with Crippen LogP contribution in [0.3, 0.4) is 0 Å². The van der Waals surface area contributed by atoms with Crippen molar-refractivity contribution in [3.05, 3.63) is 51.4 Å². The van der Waals surface area contributed by atoms with Gasteiger partial charge in [-0.25, -0.2) is 4.68 Å². The Balaban J connectivity index is 2.24. The Morgan fingerprint density at radius 3 is 2.26 bits per heavy atom. The molecular formula is C18H19F3N4O2. The van der Waals surface area contributed by atoms with Gasteiger partial charge < -0.3 is 5.11 Å². The molecule has 0 fully saturated rings. The van der Waals surface area contributed by atoms with E-state index in [4.69, 9.17) is 0 Å². The number of fused-ring (bicyclic) bond motifs is 1. The minimum absolute atomic E-state index is 0.175. The van der Waals surface area contributed by atoms with E-state index in [-0.39, 0.29) is 11.0 Å².